The molecule has 1 aliphatic rings. The van der Waals surface area contributed by atoms with Crippen LogP contribution in [0.1, 0.15) is 24.4 Å². The summed E-state index contributed by atoms with van der Waals surface area (Å²) in [6.45, 7) is 3.35. The number of carbonyl (C=O) groups is 2. The van der Waals surface area contributed by atoms with E-state index in [4.69, 9.17) is 14.4 Å². The Morgan fingerprint density at radius 2 is 2.10 bits per heavy atom. The van der Waals surface area contributed by atoms with Gasteiger partial charge in [0, 0.05) is 11.6 Å². The molecule has 1 amide bonds. The van der Waals surface area contributed by atoms with Crippen molar-refractivity contribution in [1.82, 2.24) is 5.16 Å². The van der Waals surface area contributed by atoms with Crippen molar-refractivity contribution in [1.29, 1.82) is 0 Å². The lowest BCUT2D eigenvalue weighted by molar-refractivity contribution is -0.129. The Morgan fingerprint density at radius 3 is 2.76 bits per heavy atom. The second-order valence-corrected chi connectivity index (χ2v) is 5.16. The summed E-state index contributed by atoms with van der Waals surface area (Å²) in [6.07, 6.45) is 0. The predicted octanol–water partition coefficient (Wildman–Crippen LogP) is 2.15. The summed E-state index contributed by atoms with van der Waals surface area (Å²) >= 11 is 0. The number of carboxylic acids is 1. The van der Waals surface area contributed by atoms with Crippen LogP contribution in [0, 0.1) is 0 Å². The van der Waals surface area contributed by atoms with Crippen LogP contribution in [0.5, 0.6) is 5.75 Å². The van der Waals surface area contributed by atoms with Crippen molar-refractivity contribution in [2.75, 3.05) is 5.32 Å². The molecule has 2 aromatic rings. The van der Waals surface area contributed by atoms with E-state index in [0.29, 0.717) is 22.7 Å². The Morgan fingerprint density at radius 1 is 1.33 bits per heavy atom. The van der Waals surface area contributed by atoms with Crippen molar-refractivity contribution in [3.63, 3.8) is 0 Å². The third-order valence-corrected chi connectivity index (χ3v) is 3.16. The van der Waals surface area contributed by atoms with Crippen LogP contribution >= 0.6 is 0 Å². The van der Waals surface area contributed by atoms with E-state index in [-0.39, 0.29) is 11.7 Å². The van der Waals surface area contributed by atoms with Gasteiger partial charge in [0.05, 0.1) is 5.69 Å². The topological polar surface area (TPSA) is 102 Å². The largest absolute Gasteiger partial charge is 0.476 e. The highest BCUT2D eigenvalue weighted by atomic mass is 16.5. The van der Waals surface area contributed by atoms with Gasteiger partial charge in [-0.1, -0.05) is 5.16 Å². The fraction of sp³-hybridized carbons (Fsp3) is 0.214. The number of aromatic nitrogens is 1. The molecule has 108 valence electrons. The van der Waals surface area contributed by atoms with Gasteiger partial charge in [-0.05, 0) is 32.0 Å². The SMILES string of the molecule is CC1(C)Oc2ccc(-c3cc(C(=O)O)on3)cc2NC1=O. The number of carboxylic acid groups (broad SMARTS) is 1. The molecule has 1 aromatic heterocycles. The van der Waals surface area contributed by atoms with Gasteiger partial charge < -0.3 is 19.7 Å². The fourth-order valence-electron chi connectivity index (χ4n) is 1.98. The molecule has 2 heterocycles. The van der Waals surface area contributed by atoms with Crippen LogP contribution < -0.4 is 10.1 Å². The maximum absolute atomic E-state index is 11.9. The highest BCUT2D eigenvalue weighted by Gasteiger charge is 2.35. The third-order valence-electron chi connectivity index (χ3n) is 3.16. The first kappa shape index (κ1) is 13.2. The molecule has 0 bridgehead atoms. The zero-order chi connectivity index (χ0) is 15.2. The minimum Gasteiger partial charge on any atom is -0.476 e. The van der Waals surface area contributed by atoms with E-state index in [2.05, 4.69) is 10.5 Å². The number of amides is 1. The molecule has 21 heavy (non-hydrogen) atoms. The summed E-state index contributed by atoms with van der Waals surface area (Å²) in [6, 6.07) is 6.39. The van der Waals surface area contributed by atoms with E-state index >= 15 is 0 Å². The first-order chi connectivity index (χ1) is 9.87. The molecule has 0 aliphatic carbocycles. The van der Waals surface area contributed by atoms with E-state index in [0.717, 1.165) is 0 Å². The van der Waals surface area contributed by atoms with Gasteiger partial charge in [0.1, 0.15) is 11.4 Å². The molecule has 1 aliphatic heterocycles. The number of rotatable bonds is 2. The number of nitrogens with zero attached hydrogens (tertiary/aromatic N) is 1. The maximum Gasteiger partial charge on any atom is 0.374 e. The smallest absolute Gasteiger partial charge is 0.374 e. The van der Waals surface area contributed by atoms with Gasteiger partial charge in [-0.2, -0.15) is 0 Å². The van der Waals surface area contributed by atoms with Crippen molar-refractivity contribution in [3.05, 3.63) is 30.0 Å². The third kappa shape index (κ3) is 2.22. The number of carbonyl (C=O) groups excluding carboxylic acids is 1. The summed E-state index contributed by atoms with van der Waals surface area (Å²) < 4.78 is 10.3. The van der Waals surface area contributed by atoms with Crippen LogP contribution in [0.2, 0.25) is 0 Å². The number of fused-ring (bicyclic) bond motifs is 1. The zero-order valence-corrected chi connectivity index (χ0v) is 11.3. The molecular weight excluding hydrogens is 276 g/mol. The van der Waals surface area contributed by atoms with Crippen molar-refractivity contribution in [3.8, 4) is 17.0 Å². The highest BCUT2D eigenvalue weighted by Crippen LogP contribution is 2.36. The average Bonchev–Trinajstić information content (AvgIpc) is 2.89. The molecule has 0 saturated heterocycles. The van der Waals surface area contributed by atoms with Gasteiger partial charge in [0.15, 0.2) is 5.60 Å². The monoisotopic (exact) mass is 288 g/mol. The minimum absolute atomic E-state index is 0.246. The number of nitrogens with one attached hydrogen (secondary N) is 1. The molecule has 0 unspecified atom stereocenters. The molecule has 0 spiro atoms. The van der Waals surface area contributed by atoms with E-state index in [1.165, 1.54) is 6.07 Å². The van der Waals surface area contributed by atoms with Crippen molar-refractivity contribution in [2.45, 2.75) is 19.4 Å². The van der Waals surface area contributed by atoms with Gasteiger partial charge in [-0.3, -0.25) is 4.79 Å². The van der Waals surface area contributed by atoms with Crippen LogP contribution in [-0.4, -0.2) is 27.7 Å². The fourth-order valence-corrected chi connectivity index (χ4v) is 1.98. The molecule has 0 saturated carbocycles. The second kappa shape index (κ2) is 4.34. The van der Waals surface area contributed by atoms with Crippen LogP contribution in [0.4, 0.5) is 5.69 Å². The summed E-state index contributed by atoms with van der Waals surface area (Å²) in [7, 11) is 0. The molecule has 1 aromatic carbocycles. The predicted molar refractivity (Wildman–Crippen MR) is 72.2 cm³/mol. The van der Waals surface area contributed by atoms with Gasteiger partial charge in [0.25, 0.3) is 5.91 Å². The number of ether oxygens (including phenoxy) is 1. The Labute approximate surface area is 119 Å². The lowest BCUT2D eigenvalue weighted by Gasteiger charge is -2.31. The highest BCUT2D eigenvalue weighted by molar-refractivity contribution is 6.00. The normalized spacial score (nSPS) is 15.8. The van der Waals surface area contributed by atoms with Crippen LogP contribution in [0.15, 0.2) is 28.8 Å². The molecule has 0 atom stereocenters. The minimum atomic E-state index is -1.19. The first-order valence-corrected chi connectivity index (χ1v) is 6.22. The molecule has 7 nitrogen and oxygen atoms in total. The van der Waals surface area contributed by atoms with Gasteiger partial charge >= 0.3 is 5.97 Å². The van der Waals surface area contributed by atoms with E-state index in [1.54, 1.807) is 32.0 Å². The van der Waals surface area contributed by atoms with E-state index in [9.17, 15) is 9.59 Å². The Hall–Kier alpha value is -2.83. The molecule has 2 N–H and O–H groups in total. The van der Waals surface area contributed by atoms with Crippen molar-refractivity contribution in [2.24, 2.45) is 0 Å². The quantitative estimate of drug-likeness (QED) is 0.877. The van der Waals surface area contributed by atoms with Gasteiger partial charge in [-0.15, -0.1) is 0 Å². The zero-order valence-electron chi connectivity index (χ0n) is 11.3. The molecule has 0 radical (unpaired) electrons. The van der Waals surface area contributed by atoms with Crippen LogP contribution in [0.25, 0.3) is 11.3 Å². The molecule has 3 rings (SSSR count). The Bertz CT molecular complexity index is 748. The van der Waals surface area contributed by atoms with Crippen LogP contribution in [-0.2, 0) is 4.79 Å². The summed E-state index contributed by atoms with van der Waals surface area (Å²) in [5, 5.41) is 15.3. The lowest BCUT2D eigenvalue weighted by atomic mass is 10.0. The van der Waals surface area contributed by atoms with Crippen LogP contribution in [0.3, 0.4) is 0 Å². The summed E-state index contributed by atoms with van der Waals surface area (Å²) in [5.74, 6) is -1.14. The van der Waals surface area contributed by atoms with Gasteiger partial charge in [0.2, 0.25) is 5.76 Å². The summed E-state index contributed by atoms with van der Waals surface area (Å²) in [4.78, 5) is 22.7. The van der Waals surface area contributed by atoms with Gasteiger partial charge in [-0.25, -0.2) is 4.79 Å². The molecule has 0 fully saturated rings. The lowest BCUT2D eigenvalue weighted by Crippen LogP contribution is -2.45. The maximum atomic E-state index is 11.9. The number of hydrogen-bond acceptors (Lipinski definition) is 5. The van der Waals surface area contributed by atoms with E-state index in [1.807, 2.05) is 0 Å². The average molecular weight is 288 g/mol. The van der Waals surface area contributed by atoms with Crippen molar-refractivity contribution >= 4 is 17.6 Å². The summed E-state index contributed by atoms with van der Waals surface area (Å²) in [5.41, 5.74) is 0.568. The first-order valence-electron chi connectivity index (χ1n) is 6.22. The second-order valence-electron chi connectivity index (χ2n) is 5.16. The number of anilines is 1. The van der Waals surface area contributed by atoms with Crippen molar-refractivity contribution < 1.29 is 24.0 Å². The molecular formula is C14H12N2O5. The Kier molecular flexibility index (Phi) is 2.72. The number of hydrogen-bond donors (Lipinski definition) is 2. The molecule has 7 heteroatoms. The number of aromatic carboxylic acids is 1. The number of benzene rings is 1. The standard InChI is InChI=1S/C14H12N2O5/c1-14(2)13(19)15-9-5-7(3-4-10(9)20-14)8-6-11(12(17)18)21-16-8/h3-6H,1-2H3,(H,15,19)(H,17,18). The Balaban J connectivity index is 1.98. The van der Waals surface area contributed by atoms with E-state index < -0.39 is 11.6 Å².